The molecule has 1 saturated heterocycles. The molecule has 0 bridgehead atoms. The largest absolute Gasteiger partial charge is 0.493 e. The first-order chi connectivity index (χ1) is 11.0. The molecule has 1 heterocycles. The van der Waals surface area contributed by atoms with Crippen LogP contribution < -0.4 is 9.47 Å². The van der Waals surface area contributed by atoms with Crippen LogP contribution in [0.2, 0.25) is 0 Å². The van der Waals surface area contributed by atoms with Gasteiger partial charge in [-0.15, -0.1) is 0 Å². The molecule has 126 valence electrons. The van der Waals surface area contributed by atoms with Gasteiger partial charge >= 0.3 is 6.61 Å². The molecule has 0 aromatic heterocycles. The maximum absolute atomic E-state index is 12.3. The predicted molar refractivity (Wildman–Crippen MR) is 80.7 cm³/mol. The summed E-state index contributed by atoms with van der Waals surface area (Å²) in [7, 11) is 3.09. The van der Waals surface area contributed by atoms with E-state index in [0.717, 1.165) is 6.42 Å². The average molecular weight is 327 g/mol. The Morgan fingerprint density at radius 2 is 2.22 bits per heavy atom. The Hall–Kier alpha value is -2.15. The Kier molecular flexibility index (Phi) is 5.92. The van der Waals surface area contributed by atoms with Crippen LogP contribution in [-0.2, 0) is 9.53 Å². The number of rotatable bonds is 6. The van der Waals surface area contributed by atoms with Crippen LogP contribution >= 0.6 is 0 Å². The quantitative estimate of drug-likeness (QED) is 0.754. The van der Waals surface area contributed by atoms with Crippen LogP contribution in [0, 0.1) is 0 Å². The zero-order chi connectivity index (χ0) is 16.8. The summed E-state index contributed by atoms with van der Waals surface area (Å²) in [6.07, 6.45) is 3.85. The van der Waals surface area contributed by atoms with Gasteiger partial charge in [-0.3, -0.25) is 4.79 Å². The second-order valence-electron chi connectivity index (χ2n) is 5.09. The van der Waals surface area contributed by atoms with Gasteiger partial charge in [-0.05, 0) is 30.2 Å². The maximum atomic E-state index is 12.3. The first kappa shape index (κ1) is 17.2. The third kappa shape index (κ3) is 4.66. The molecule has 1 atom stereocenters. The summed E-state index contributed by atoms with van der Waals surface area (Å²) in [4.78, 5) is 13.7. The lowest BCUT2D eigenvalue weighted by atomic mass is 10.1. The first-order valence-corrected chi connectivity index (χ1v) is 7.16. The highest BCUT2D eigenvalue weighted by Gasteiger charge is 2.22. The molecule has 0 radical (unpaired) electrons. The summed E-state index contributed by atoms with van der Waals surface area (Å²) < 4.78 is 39.2. The number of halogens is 2. The van der Waals surface area contributed by atoms with E-state index < -0.39 is 6.61 Å². The standard InChI is InChI=1S/C16H19F2NO4/c1-19(12-7-8-22-10-12)15(20)6-4-11-3-5-13(23-16(17)18)14(9-11)21-2/h3-6,9,12,16H,7-8,10H2,1-2H3/b6-4-/t12-/m1/s1. The van der Waals surface area contributed by atoms with Crippen LogP contribution in [-0.4, -0.2) is 50.8 Å². The van der Waals surface area contributed by atoms with Crippen molar-refractivity contribution in [1.29, 1.82) is 0 Å². The Labute approximate surface area is 133 Å². The van der Waals surface area contributed by atoms with E-state index in [4.69, 9.17) is 9.47 Å². The van der Waals surface area contributed by atoms with Crippen molar-refractivity contribution in [1.82, 2.24) is 4.90 Å². The summed E-state index contributed by atoms with van der Waals surface area (Å²) in [6, 6.07) is 4.57. The lowest BCUT2D eigenvalue weighted by molar-refractivity contribution is -0.126. The Morgan fingerprint density at radius 1 is 1.43 bits per heavy atom. The third-order valence-electron chi connectivity index (χ3n) is 3.62. The fourth-order valence-electron chi connectivity index (χ4n) is 2.27. The molecule has 2 rings (SSSR count). The van der Waals surface area contributed by atoms with Crippen LogP contribution in [0.25, 0.3) is 6.08 Å². The lowest BCUT2D eigenvalue weighted by Crippen LogP contribution is -2.36. The first-order valence-electron chi connectivity index (χ1n) is 7.16. The highest BCUT2D eigenvalue weighted by molar-refractivity contribution is 5.91. The van der Waals surface area contributed by atoms with Crippen LogP contribution in [0.5, 0.6) is 11.5 Å². The van der Waals surface area contributed by atoms with Crippen molar-refractivity contribution in [2.75, 3.05) is 27.4 Å². The summed E-state index contributed by atoms with van der Waals surface area (Å²) >= 11 is 0. The number of alkyl halides is 2. The molecule has 7 heteroatoms. The molecule has 5 nitrogen and oxygen atoms in total. The van der Waals surface area contributed by atoms with Crippen molar-refractivity contribution in [3.63, 3.8) is 0 Å². The minimum absolute atomic E-state index is 0.0498. The minimum Gasteiger partial charge on any atom is -0.493 e. The molecule has 0 unspecified atom stereocenters. The highest BCUT2D eigenvalue weighted by Crippen LogP contribution is 2.29. The number of benzene rings is 1. The number of hydrogen-bond acceptors (Lipinski definition) is 4. The number of amides is 1. The summed E-state index contributed by atoms with van der Waals surface area (Å²) in [5.41, 5.74) is 0.646. The zero-order valence-electron chi connectivity index (χ0n) is 13.0. The van der Waals surface area contributed by atoms with E-state index in [0.29, 0.717) is 18.8 Å². The molecule has 0 aliphatic carbocycles. The predicted octanol–water partition coefficient (Wildman–Crippen LogP) is 2.56. The van der Waals surface area contributed by atoms with E-state index in [1.165, 1.54) is 25.3 Å². The van der Waals surface area contributed by atoms with Gasteiger partial charge in [0, 0.05) is 19.7 Å². The number of likely N-dealkylation sites (N-methyl/N-ethyl adjacent to an activating group) is 1. The molecule has 1 fully saturated rings. The number of methoxy groups -OCH3 is 1. The van der Waals surface area contributed by atoms with Gasteiger partial charge in [-0.25, -0.2) is 0 Å². The van der Waals surface area contributed by atoms with E-state index in [1.807, 2.05) is 0 Å². The second kappa shape index (κ2) is 7.92. The maximum Gasteiger partial charge on any atom is 0.387 e. The molecule has 23 heavy (non-hydrogen) atoms. The monoisotopic (exact) mass is 327 g/mol. The normalized spacial score (nSPS) is 17.7. The van der Waals surface area contributed by atoms with Crippen molar-refractivity contribution in [3.8, 4) is 11.5 Å². The molecule has 1 aromatic rings. The number of ether oxygens (including phenoxy) is 3. The Balaban J connectivity index is 2.05. The molecule has 1 aromatic carbocycles. The highest BCUT2D eigenvalue weighted by atomic mass is 19.3. The van der Waals surface area contributed by atoms with E-state index in [-0.39, 0.29) is 23.4 Å². The molecular weight excluding hydrogens is 308 g/mol. The SMILES string of the molecule is COc1cc(/C=C\C(=O)N(C)[C@@H]2CCOC2)ccc1OC(F)F. The number of carbonyl (C=O) groups excluding carboxylic acids is 1. The molecule has 0 N–H and O–H groups in total. The minimum atomic E-state index is -2.92. The van der Waals surface area contributed by atoms with Gasteiger partial charge in [0.25, 0.3) is 0 Å². The van der Waals surface area contributed by atoms with Crippen molar-refractivity contribution >= 4 is 12.0 Å². The van der Waals surface area contributed by atoms with Gasteiger partial charge in [0.15, 0.2) is 11.5 Å². The van der Waals surface area contributed by atoms with Crippen molar-refractivity contribution < 1.29 is 27.8 Å². The van der Waals surface area contributed by atoms with Gasteiger partial charge < -0.3 is 19.1 Å². The average Bonchev–Trinajstić information content (AvgIpc) is 3.06. The summed E-state index contributed by atoms with van der Waals surface area (Å²) in [6.45, 7) is -1.72. The second-order valence-corrected chi connectivity index (χ2v) is 5.09. The van der Waals surface area contributed by atoms with Crippen molar-refractivity contribution in [2.45, 2.75) is 19.1 Å². The summed E-state index contributed by atoms with van der Waals surface area (Å²) in [5.74, 6) is -0.0176. The van der Waals surface area contributed by atoms with Gasteiger partial charge in [0.1, 0.15) is 0 Å². The van der Waals surface area contributed by atoms with Crippen LogP contribution in [0.4, 0.5) is 8.78 Å². The van der Waals surface area contributed by atoms with Crippen LogP contribution in [0.15, 0.2) is 24.3 Å². The number of nitrogens with zero attached hydrogens (tertiary/aromatic N) is 1. The fourth-order valence-corrected chi connectivity index (χ4v) is 2.27. The topological polar surface area (TPSA) is 48.0 Å². The van der Waals surface area contributed by atoms with Gasteiger partial charge in [-0.1, -0.05) is 6.07 Å². The van der Waals surface area contributed by atoms with E-state index in [2.05, 4.69) is 4.74 Å². The molecule has 1 aliphatic rings. The van der Waals surface area contributed by atoms with Gasteiger partial charge in [0.2, 0.25) is 5.91 Å². The lowest BCUT2D eigenvalue weighted by Gasteiger charge is -2.21. The molecular formula is C16H19F2NO4. The van der Waals surface area contributed by atoms with E-state index in [9.17, 15) is 13.6 Å². The van der Waals surface area contributed by atoms with Crippen molar-refractivity contribution in [3.05, 3.63) is 29.8 Å². The van der Waals surface area contributed by atoms with Gasteiger partial charge in [-0.2, -0.15) is 8.78 Å². The molecule has 1 amide bonds. The van der Waals surface area contributed by atoms with Crippen LogP contribution in [0.1, 0.15) is 12.0 Å². The molecule has 0 spiro atoms. The van der Waals surface area contributed by atoms with E-state index in [1.54, 1.807) is 24.1 Å². The summed E-state index contributed by atoms with van der Waals surface area (Å²) in [5, 5.41) is 0. The fraction of sp³-hybridized carbons (Fsp3) is 0.438. The van der Waals surface area contributed by atoms with Crippen molar-refractivity contribution in [2.24, 2.45) is 0 Å². The molecule has 0 saturated carbocycles. The smallest absolute Gasteiger partial charge is 0.387 e. The Bertz CT molecular complexity index is 571. The number of hydrogen-bond donors (Lipinski definition) is 0. The van der Waals surface area contributed by atoms with E-state index >= 15 is 0 Å². The number of carbonyl (C=O) groups is 1. The van der Waals surface area contributed by atoms with Gasteiger partial charge in [0.05, 0.1) is 19.8 Å². The van der Waals surface area contributed by atoms with Crippen LogP contribution in [0.3, 0.4) is 0 Å². The zero-order valence-corrected chi connectivity index (χ0v) is 13.0. The molecule has 1 aliphatic heterocycles. The third-order valence-corrected chi connectivity index (χ3v) is 3.62. The Morgan fingerprint density at radius 3 is 2.83 bits per heavy atom.